The Morgan fingerprint density at radius 3 is 2.42 bits per heavy atom. The topological polar surface area (TPSA) is 71.5 Å². The third kappa shape index (κ3) is 7.26. The first-order valence-corrected chi connectivity index (χ1v) is 12.7. The van der Waals surface area contributed by atoms with Gasteiger partial charge in [-0.05, 0) is 30.2 Å². The van der Waals surface area contributed by atoms with Gasteiger partial charge in [0.1, 0.15) is 5.75 Å². The zero-order chi connectivity index (χ0) is 27.9. The van der Waals surface area contributed by atoms with Crippen LogP contribution in [0.2, 0.25) is 0 Å². The molecule has 0 aliphatic carbocycles. The molecule has 8 nitrogen and oxygen atoms in total. The summed E-state index contributed by atoms with van der Waals surface area (Å²) in [6.45, 7) is 2.29. The van der Waals surface area contributed by atoms with E-state index in [2.05, 4.69) is 0 Å². The Hall–Kier alpha value is -3.56. The van der Waals surface area contributed by atoms with Crippen LogP contribution in [0.3, 0.4) is 0 Å². The molecule has 1 aliphatic heterocycles. The smallest absolute Gasteiger partial charge is 0.324 e. The van der Waals surface area contributed by atoms with Crippen LogP contribution in [0.15, 0.2) is 36.4 Å². The Bertz CT molecular complexity index is 1130. The highest BCUT2D eigenvalue weighted by Crippen LogP contribution is 2.35. The van der Waals surface area contributed by atoms with Gasteiger partial charge in [0, 0.05) is 50.9 Å². The summed E-state index contributed by atoms with van der Waals surface area (Å²) in [6.07, 6.45) is 1.05. The lowest BCUT2D eigenvalue weighted by Gasteiger charge is -2.36. The van der Waals surface area contributed by atoms with Gasteiger partial charge in [0.2, 0.25) is 5.91 Å². The van der Waals surface area contributed by atoms with E-state index >= 15 is 0 Å². The van der Waals surface area contributed by atoms with E-state index in [0.717, 1.165) is 17.5 Å². The molecule has 1 fully saturated rings. The van der Waals surface area contributed by atoms with Crippen LogP contribution in [0, 0.1) is 0 Å². The van der Waals surface area contributed by atoms with Crippen LogP contribution in [0.5, 0.6) is 17.2 Å². The molecule has 1 heterocycles. The summed E-state index contributed by atoms with van der Waals surface area (Å²) >= 11 is 0. The van der Waals surface area contributed by atoms with Crippen molar-refractivity contribution in [2.75, 3.05) is 52.9 Å². The van der Waals surface area contributed by atoms with E-state index in [4.69, 9.17) is 14.2 Å². The van der Waals surface area contributed by atoms with Gasteiger partial charge in [-0.2, -0.15) is 0 Å². The molecule has 208 valence electrons. The van der Waals surface area contributed by atoms with Gasteiger partial charge in [0.25, 0.3) is 5.92 Å². The molecule has 1 aliphatic rings. The van der Waals surface area contributed by atoms with Gasteiger partial charge in [0.05, 0.1) is 27.2 Å². The van der Waals surface area contributed by atoms with Gasteiger partial charge < -0.3 is 24.0 Å². The zero-order valence-corrected chi connectivity index (χ0v) is 22.8. The van der Waals surface area contributed by atoms with E-state index in [1.807, 2.05) is 18.2 Å². The Morgan fingerprint density at radius 1 is 1.03 bits per heavy atom. The summed E-state index contributed by atoms with van der Waals surface area (Å²) in [4.78, 5) is 30.4. The minimum Gasteiger partial charge on any atom is -0.496 e. The molecule has 3 amide bonds. The second kappa shape index (κ2) is 12.8. The number of carbonyl (C=O) groups is 2. The minimum absolute atomic E-state index is 0.0152. The molecule has 2 aromatic carbocycles. The molecule has 0 radical (unpaired) electrons. The van der Waals surface area contributed by atoms with E-state index in [1.165, 1.54) is 12.0 Å². The second-order valence-corrected chi connectivity index (χ2v) is 9.55. The summed E-state index contributed by atoms with van der Waals surface area (Å²) in [5.74, 6) is -1.89. The maximum absolute atomic E-state index is 14.0. The highest BCUT2D eigenvalue weighted by atomic mass is 19.3. The molecule has 10 heteroatoms. The molecule has 38 heavy (non-hydrogen) atoms. The average molecular weight is 534 g/mol. The summed E-state index contributed by atoms with van der Waals surface area (Å²) in [7, 11) is 6.42. The largest absolute Gasteiger partial charge is 0.496 e. The number of amides is 3. The number of urea groups is 1. The molecule has 1 saturated heterocycles. The van der Waals surface area contributed by atoms with E-state index in [-0.39, 0.29) is 30.5 Å². The highest BCUT2D eigenvalue weighted by Gasteiger charge is 2.31. The minimum atomic E-state index is -2.96. The first-order chi connectivity index (χ1) is 18.1. The van der Waals surface area contributed by atoms with Gasteiger partial charge in [-0.3, -0.25) is 9.69 Å². The molecule has 0 N–H and O–H groups in total. The van der Waals surface area contributed by atoms with E-state index < -0.39 is 12.5 Å². The molecule has 0 bridgehead atoms. The van der Waals surface area contributed by atoms with E-state index in [1.54, 1.807) is 56.1 Å². The number of anilines is 1. The number of hydrogen-bond acceptors (Lipinski definition) is 5. The van der Waals surface area contributed by atoms with Crippen molar-refractivity contribution in [1.82, 2.24) is 9.80 Å². The Morgan fingerprint density at radius 2 is 1.76 bits per heavy atom. The van der Waals surface area contributed by atoms with Crippen molar-refractivity contribution in [2.45, 2.75) is 45.1 Å². The SMILES string of the molecule is CCCC(F)(F)COc1cc(N2CCCN(Cc3ccc(CC(=O)N(C)C)cc3OC)C2=O)ccc1OC. The normalized spacial score (nSPS) is 13.9. The maximum Gasteiger partial charge on any atom is 0.324 e. The van der Waals surface area contributed by atoms with Crippen molar-refractivity contribution in [3.8, 4) is 17.2 Å². The standard InChI is InChI=1S/C28H37F2N3O5/c1-6-12-28(29,30)19-38-25-17-22(10-11-23(25)36-4)33-14-7-13-32(27(33)35)18-21-9-8-20(15-24(21)37-5)16-26(34)31(2)3/h8-11,15,17H,6-7,12-14,16,18-19H2,1-5H3. The number of likely N-dealkylation sites (N-methyl/N-ethyl adjacent to an activating group) is 1. The number of hydrogen-bond donors (Lipinski definition) is 0. The van der Waals surface area contributed by atoms with Crippen LogP contribution in [0.1, 0.15) is 37.3 Å². The number of alkyl halides is 2. The number of methoxy groups -OCH3 is 2. The monoisotopic (exact) mass is 533 g/mol. The number of carbonyl (C=O) groups excluding carboxylic acids is 2. The van der Waals surface area contributed by atoms with E-state index in [0.29, 0.717) is 43.2 Å². The lowest BCUT2D eigenvalue weighted by atomic mass is 10.1. The molecule has 0 aromatic heterocycles. The van der Waals surface area contributed by atoms with Crippen LogP contribution >= 0.6 is 0 Å². The first-order valence-electron chi connectivity index (χ1n) is 12.7. The summed E-state index contributed by atoms with van der Waals surface area (Å²) in [6, 6.07) is 10.3. The maximum atomic E-state index is 14.0. The predicted octanol–water partition coefficient (Wildman–Crippen LogP) is 4.98. The number of benzene rings is 2. The Balaban J connectivity index is 1.77. The van der Waals surface area contributed by atoms with Crippen molar-refractivity contribution >= 4 is 17.6 Å². The second-order valence-electron chi connectivity index (χ2n) is 9.55. The number of rotatable bonds is 12. The lowest BCUT2D eigenvalue weighted by molar-refractivity contribution is -0.127. The number of halogens is 2. The number of nitrogens with zero attached hydrogens (tertiary/aromatic N) is 3. The molecule has 0 atom stereocenters. The molecule has 0 saturated carbocycles. The fraction of sp³-hybridized carbons (Fsp3) is 0.500. The molecule has 3 rings (SSSR count). The molecule has 2 aromatic rings. The highest BCUT2D eigenvalue weighted by molar-refractivity contribution is 5.93. The number of ether oxygens (including phenoxy) is 3. The average Bonchev–Trinajstić information content (AvgIpc) is 2.89. The van der Waals surface area contributed by atoms with Crippen LogP contribution in [-0.2, 0) is 17.8 Å². The van der Waals surface area contributed by atoms with Gasteiger partial charge in [-0.15, -0.1) is 0 Å². The van der Waals surface area contributed by atoms with Crippen LogP contribution in [0.4, 0.5) is 19.3 Å². The van der Waals surface area contributed by atoms with Gasteiger partial charge >= 0.3 is 6.03 Å². The summed E-state index contributed by atoms with van der Waals surface area (Å²) in [5.41, 5.74) is 2.19. The fourth-order valence-electron chi connectivity index (χ4n) is 4.30. The zero-order valence-electron chi connectivity index (χ0n) is 22.8. The Labute approximate surface area is 223 Å². The fourth-order valence-corrected chi connectivity index (χ4v) is 4.30. The quantitative estimate of drug-likeness (QED) is 0.385. The Kier molecular flexibility index (Phi) is 9.77. The predicted molar refractivity (Wildman–Crippen MR) is 142 cm³/mol. The van der Waals surface area contributed by atoms with Crippen LogP contribution < -0.4 is 19.1 Å². The molecule has 0 spiro atoms. The molecule has 0 unspecified atom stereocenters. The van der Waals surface area contributed by atoms with Gasteiger partial charge in [-0.1, -0.05) is 25.5 Å². The van der Waals surface area contributed by atoms with Crippen molar-refractivity contribution in [3.63, 3.8) is 0 Å². The van der Waals surface area contributed by atoms with Crippen molar-refractivity contribution in [2.24, 2.45) is 0 Å². The van der Waals surface area contributed by atoms with Crippen molar-refractivity contribution in [3.05, 3.63) is 47.5 Å². The third-order valence-electron chi connectivity index (χ3n) is 6.39. The van der Waals surface area contributed by atoms with E-state index in [9.17, 15) is 18.4 Å². The van der Waals surface area contributed by atoms with Gasteiger partial charge in [-0.25, -0.2) is 13.6 Å². The third-order valence-corrected chi connectivity index (χ3v) is 6.39. The first kappa shape index (κ1) is 29.0. The van der Waals surface area contributed by atoms with Crippen molar-refractivity contribution in [1.29, 1.82) is 0 Å². The molecular formula is C28H37F2N3O5. The van der Waals surface area contributed by atoms with Crippen LogP contribution in [-0.4, -0.2) is 75.7 Å². The summed E-state index contributed by atoms with van der Waals surface area (Å²) in [5, 5.41) is 0. The summed E-state index contributed by atoms with van der Waals surface area (Å²) < 4.78 is 44.4. The van der Waals surface area contributed by atoms with Gasteiger partial charge in [0.15, 0.2) is 18.1 Å². The molecular weight excluding hydrogens is 496 g/mol. The van der Waals surface area contributed by atoms with Crippen LogP contribution in [0.25, 0.3) is 0 Å². The lowest BCUT2D eigenvalue weighted by Crippen LogP contribution is -2.49. The van der Waals surface area contributed by atoms with Crippen molar-refractivity contribution < 1.29 is 32.6 Å².